The Labute approximate surface area is 92.5 Å². The van der Waals surface area contributed by atoms with E-state index in [0.29, 0.717) is 12.2 Å². The van der Waals surface area contributed by atoms with Crippen LogP contribution in [0.1, 0.15) is 12.8 Å². The van der Waals surface area contributed by atoms with Gasteiger partial charge in [-0.3, -0.25) is 9.63 Å². The third kappa shape index (κ3) is 8.25. The number of hydrogen-bond acceptors (Lipinski definition) is 7. The van der Waals surface area contributed by atoms with Gasteiger partial charge in [0.25, 0.3) is 0 Å². The highest BCUT2D eigenvalue weighted by Crippen LogP contribution is 2.08. The number of aliphatic hydroxyl groups excluding tert-OH is 1. The summed E-state index contributed by atoms with van der Waals surface area (Å²) in [6, 6.07) is 0. The molecule has 0 aromatic carbocycles. The molecule has 1 atom stereocenters. The Morgan fingerprint density at radius 2 is 2.20 bits per heavy atom. The zero-order valence-electron chi connectivity index (χ0n) is 8.30. The second-order valence-electron chi connectivity index (χ2n) is 2.66. The van der Waals surface area contributed by atoms with Crippen molar-refractivity contribution in [2.24, 2.45) is 11.8 Å². The molecule has 0 radical (unpaired) electrons. The molecule has 5 N–H and O–H groups in total. The van der Waals surface area contributed by atoms with Gasteiger partial charge in [0.05, 0.1) is 12.7 Å². The zero-order valence-corrected chi connectivity index (χ0v) is 9.11. The Morgan fingerprint density at radius 1 is 1.47 bits per heavy atom. The zero-order chi connectivity index (χ0) is 11.5. The Morgan fingerprint density at radius 3 is 2.73 bits per heavy atom. The summed E-state index contributed by atoms with van der Waals surface area (Å²) in [6.45, 7) is 0. The molecular formula is C8H16N2O4S. The number of aliphatic hydroxyl groups is 1. The third-order valence-electron chi connectivity index (χ3n) is 1.60. The maximum Gasteiger partial charge on any atom is 0.325 e. The first kappa shape index (κ1) is 14.2. The van der Waals surface area contributed by atoms with Gasteiger partial charge in [0, 0.05) is 5.75 Å². The number of carbonyl (C=O) groups excluding carboxylic acids is 1. The SMILES string of the molecule is NOC(=O)CCSCCC(C=CO)ON. The van der Waals surface area contributed by atoms with Crippen LogP contribution in [0.3, 0.4) is 0 Å². The fourth-order valence-corrected chi connectivity index (χ4v) is 1.74. The molecular weight excluding hydrogens is 220 g/mol. The van der Waals surface area contributed by atoms with E-state index >= 15 is 0 Å². The third-order valence-corrected chi connectivity index (χ3v) is 2.62. The molecule has 6 nitrogen and oxygen atoms in total. The summed E-state index contributed by atoms with van der Waals surface area (Å²) >= 11 is 1.56. The van der Waals surface area contributed by atoms with Gasteiger partial charge in [0.2, 0.25) is 0 Å². The van der Waals surface area contributed by atoms with E-state index in [1.165, 1.54) is 6.08 Å². The predicted octanol–water partition coefficient (Wildman–Crippen LogP) is 0.247. The van der Waals surface area contributed by atoms with Crippen LogP contribution in [0, 0.1) is 0 Å². The van der Waals surface area contributed by atoms with E-state index < -0.39 is 5.97 Å². The molecule has 0 rings (SSSR count). The number of rotatable bonds is 8. The molecule has 0 spiro atoms. The van der Waals surface area contributed by atoms with Crippen molar-refractivity contribution in [2.75, 3.05) is 11.5 Å². The lowest BCUT2D eigenvalue weighted by Gasteiger charge is -2.08. The van der Waals surface area contributed by atoms with Gasteiger partial charge in [-0.2, -0.15) is 17.7 Å². The van der Waals surface area contributed by atoms with Crippen molar-refractivity contribution in [3.05, 3.63) is 12.3 Å². The van der Waals surface area contributed by atoms with Crippen LogP contribution in [0.15, 0.2) is 12.3 Å². The molecule has 0 bridgehead atoms. The average Bonchev–Trinajstić information content (AvgIpc) is 2.26. The van der Waals surface area contributed by atoms with Gasteiger partial charge in [-0.15, -0.1) is 0 Å². The smallest absolute Gasteiger partial charge is 0.325 e. The van der Waals surface area contributed by atoms with Crippen molar-refractivity contribution in [3.8, 4) is 0 Å². The van der Waals surface area contributed by atoms with E-state index in [9.17, 15) is 4.79 Å². The van der Waals surface area contributed by atoms with Crippen molar-refractivity contribution < 1.29 is 19.6 Å². The molecule has 15 heavy (non-hydrogen) atoms. The van der Waals surface area contributed by atoms with Crippen LogP contribution in [0.2, 0.25) is 0 Å². The number of nitrogens with two attached hydrogens (primary N) is 2. The maximum absolute atomic E-state index is 10.6. The largest absolute Gasteiger partial charge is 0.516 e. The molecule has 0 saturated heterocycles. The van der Waals surface area contributed by atoms with Gasteiger partial charge in [-0.05, 0) is 18.2 Å². The normalized spacial score (nSPS) is 12.9. The van der Waals surface area contributed by atoms with Crippen molar-refractivity contribution in [3.63, 3.8) is 0 Å². The highest BCUT2D eigenvalue weighted by atomic mass is 32.2. The predicted molar refractivity (Wildman–Crippen MR) is 57.7 cm³/mol. The first-order valence-corrected chi connectivity index (χ1v) is 5.53. The minimum absolute atomic E-state index is 0.283. The van der Waals surface area contributed by atoms with Crippen molar-refractivity contribution >= 4 is 17.7 Å². The number of hydrogen-bond donors (Lipinski definition) is 3. The molecule has 1 unspecified atom stereocenters. The first-order valence-electron chi connectivity index (χ1n) is 4.38. The Balaban J connectivity index is 3.40. The monoisotopic (exact) mass is 236 g/mol. The first-order chi connectivity index (χ1) is 7.24. The standard InChI is InChI=1S/C8H16N2O4S/c9-13-7(1-4-11)2-5-15-6-3-8(12)14-10/h1,4,7,11H,2-3,5-6,9-10H2. The van der Waals surface area contributed by atoms with Gasteiger partial charge in [0.15, 0.2) is 0 Å². The van der Waals surface area contributed by atoms with Crippen LogP contribution < -0.4 is 11.8 Å². The summed E-state index contributed by atoms with van der Waals surface area (Å²) in [7, 11) is 0. The molecule has 0 aliphatic rings. The Hall–Kier alpha value is -0.760. The van der Waals surface area contributed by atoms with Gasteiger partial charge in [-0.1, -0.05) is 0 Å². The van der Waals surface area contributed by atoms with E-state index in [2.05, 4.69) is 15.6 Å². The molecule has 7 heteroatoms. The highest BCUT2D eigenvalue weighted by Gasteiger charge is 2.04. The molecule has 0 aromatic heterocycles. The van der Waals surface area contributed by atoms with E-state index in [1.807, 2.05) is 0 Å². The van der Waals surface area contributed by atoms with Crippen LogP contribution in [-0.2, 0) is 14.5 Å². The lowest BCUT2D eigenvalue weighted by Crippen LogP contribution is -2.16. The quantitative estimate of drug-likeness (QED) is 0.315. The van der Waals surface area contributed by atoms with Crippen molar-refractivity contribution in [1.82, 2.24) is 0 Å². The summed E-state index contributed by atoms with van der Waals surface area (Å²) in [5.74, 6) is 10.6. The number of thioether (sulfide) groups is 1. The maximum atomic E-state index is 10.6. The van der Waals surface area contributed by atoms with Gasteiger partial charge >= 0.3 is 5.97 Å². The lowest BCUT2D eigenvalue weighted by atomic mass is 10.3. The van der Waals surface area contributed by atoms with Crippen molar-refractivity contribution in [1.29, 1.82) is 0 Å². The van der Waals surface area contributed by atoms with Gasteiger partial charge in [0.1, 0.15) is 6.10 Å². The molecule has 0 aliphatic heterocycles. The summed E-state index contributed by atoms with van der Waals surface area (Å²) in [4.78, 5) is 19.2. The minimum atomic E-state index is -0.427. The molecule has 0 heterocycles. The second kappa shape index (κ2) is 9.78. The Bertz CT molecular complexity index is 201. The summed E-state index contributed by atoms with van der Waals surface area (Å²) in [5, 5.41) is 8.48. The molecule has 88 valence electrons. The van der Waals surface area contributed by atoms with Crippen LogP contribution in [0.25, 0.3) is 0 Å². The molecule has 0 aliphatic carbocycles. The lowest BCUT2D eigenvalue weighted by molar-refractivity contribution is -0.143. The second-order valence-corrected chi connectivity index (χ2v) is 3.88. The van der Waals surface area contributed by atoms with Crippen LogP contribution >= 0.6 is 11.8 Å². The van der Waals surface area contributed by atoms with E-state index in [1.54, 1.807) is 11.8 Å². The summed E-state index contributed by atoms with van der Waals surface area (Å²) < 4.78 is 0. The molecule has 0 saturated carbocycles. The van der Waals surface area contributed by atoms with Crippen LogP contribution in [-0.4, -0.2) is 28.7 Å². The van der Waals surface area contributed by atoms with E-state index in [-0.39, 0.29) is 12.5 Å². The van der Waals surface area contributed by atoms with Gasteiger partial charge < -0.3 is 9.94 Å². The minimum Gasteiger partial charge on any atom is -0.516 e. The summed E-state index contributed by atoms with van der Waals surface area (Å²) in [6.07, 6.45) is 2.99. The molecule has 0 amide bonds. The number of carbonyl (C=O) groups is 1. The summed E-state index contributed by atoms with van der Waals surface area (Å²) in [5.41, 5.74) is 0. The van der Waals surface area contributed by atoms with E-state index in [4.69, 9.17) is 11.0 Å². The molecule has 0 aromatic rings. The fraction of sp³-hybridized carbons (Fsp3) is 0.625. The van der Waals surface area contributed by atoms with Crippen molar-refractivity contribution in [2.45, 2.75) is 18.9 Å². The van der Waals surface area contributed by atoms with Crippen LogP contribution in [0.4, 0.5) is 0 Å². The Kier molecular flexibility index (Phi) is 9.29. The van der Waals surface area contributed by atoms with Gasteiger partial charge in [-0.25, -0.2) is 5.90 Å². The highest BCUT2D eigenvalue weighted by molar-refractivity contribution is 7.99. The topological polar surface area (TPSA) is 108 Å². The van der Waals surface area contributed by atoms with Crippen LogP contribution in [0.5, 0.6) is 0 Å². The molecule has 0 fully saturated rings. The van der Waals surface area contributed by atoms with E-state index in [0.717, 1.165) is 12.0 Å². The fourth-order valence-electron chi connectivity index (χ4n) is 0.822. The average molecular weight is 236 g/mol.